The van der Waals surface area contributed by atoms with Crippen LogP contribution in [0.3, 0.4) is 0 Å². The van der Waals surface area contributed by atoms with Gasteiger partial charge in [-0.3, -0.25) is 0 Å². The fourth-order valence-electron chi connectivity index (χ4n) is 1.43. The Bertz CT molecular complexity index is 389. The van der Waals surface area contributed by atoms with Crippen molar-refractivity contribution in [3.63, 3.8) is 0 Å². The van der Waals surface area contributed by atoms with Crippen molar-refractivity contribution in [2.75, 3.05) is 19.0 Å². The van der Waals surface area contributed by atoms with E-state index in [2.05, 4.69) is 10.6 Å². The van der Waals surface area contributed by atoms with Crippen molar-refractivity contribution in [1.82, 2.24) is 5.32 Å². The maximum atomic E-state index is 11.2. The number of carbonyl (C=O) groups excluding carboxylic acids is 1. The molecule has 0 radical (unpaired) electrons. The summed E-state index contributed by atoms with van der Waals surface area (Å²) in [4.78, 5) is 11.2. The number of rotatable bonds is 3. The number of anilines is 1. The second-order valence-electron chi connectivity index (χ2n) is 3.50. The number of ether oxygens (including phenoxy) is 1. The summed E-state index contributed by atoms with van der Waals surface area (Å²) in [7, 11) is 1.59. The first-order chi connectivity index (χ1) is 7.60. The van der Waals surface area contributed by atoms with Crippen LogP contribution in [0.2, 0.25) is 0 Å². The van der Waals surface area contributed by atoms with Gasteiger partial charge in [0, 0.05) is 12.7 Å². The van der Waals surface area contributed by atoms with Gasteiger partial charge in [-0.15, -0.1) is 0 Å². The van der Waals surface area contributed by atoms with Crippen LogP contribution in [0.4, 0.5) is 10.5 Å². The number of hydrogen-bond donors (Lipinski definition) is 2. The van der Waals surface area contributed by atoms with Crippen molar-refractivity contribution in [2.24, 2.45) is 0 Å². The molecule has 0 aliphatic carbocycles. The second kappa shape index (κ2) is 5.39. The van der Waals surface area contributed by atoms with Crippen molar-refractivity contribution in [2.45, 2.75) is 20.8 Å². The van der Waals surface area contributed by atoms with Crippen molar-refractivity contribution < 1.29 is 9.53 Å². The van der Waals surface area contributed by atoms with Crippen LogP contribution in [-0.2, 0) is 0 Å². The summed E-state index contributed by atoms with van der Waals surface area (Å²) in [6.45, 7) is 6.53. The number of urea groups is 1. The van der Waals surface area contributed by atoms with E-state index >= 15 is 0 Å². The van der Waals surface area contributed by atoms with E-state index in [0.717, 1.165) is 22.6 Å². The van der Waals surface area contributed by atoms with Gasteiger partial charge in [-0.2, -0.15) is 0 Å². The molecule has 0 saturated carbocycles. The third-order valence-electron chi connectivity index (χ3n) is 2.51. The molecule has 0 aliphatic rings. The Morgan fingerprint density at radius 1 is 1.31 bits per heavy atom. The van der Waals surface area contributed by atoms with Crippen LogP contribution in [0, 0.1) is 13.8 Å². The Balaban J connectivity index is 2.97. The van der Waals surface area contributed by atoms with Gasteiger partial charge in [0.2, 0.25) is 0 Å². The zero-order valence-electron chi connectivity index (χ0n) is 10.2. The molecule has 1 rings (SSSR count). The summed E-state index contributed by atoms with van der Waals surface area (Å²) in [5.41, 5.74) is 2.88. The smallest absolute Gasteiger partial charge is 0.318 e. The van der Waals surface area contributed by atoms with Gasteiger partial charge >= 0.3 is 6.03 Å². The van der Waals surface area contributed by atoms with Crippen molar-refractivity contribution in [3.05, 3.63) is 23.3 Å². The van der Waals surface area contributed by atoms with E-state index in [9.17, 15) is 4.79 Å². The molecule has 0 atom stereocenters. The van der Waals surface area contributed by atoms with E-state index < -0.39 is 0 Å². The Labute approximate surface area is 96.0 Å². The largest absolute Gasteiger partial charge is 0.494 e. The Hall–Kier alpha value is -1.71. The summed E-state index contributed by atoms with van der Waals surface area (Å²) in [6, 6.07) is 3.51. The standard InChI is InChI=1S/C12H18N2O2/c1-5-16-11-7-6-10(8(2)9(11)3)14-12(15)13-4/h6-7H,5H2,1-4H3,(H2,13,14,15). The van der Waals surface area contributed by atoms with E-state index in [4.69, 9.17) is 4.74 Å². The van der Waals surface area contributed by atoms with Crippen molar-refractivity contribution in [1.29, 1.82) is 0 Å². The number of carbonyl (C=O) groups is 1. The van der Waals surface area contributed by atoms with Crippen LogP contribution in [0.25, 0.3) is 0 Å². The van der Waals surface area contributed by atoms with Crippen LogP contribution in [0.1, 0.15) is 18.1 Å². The summed E-state index contributed by atoms with van der Waals surface area (Å²) < 4.78 is 5.48. The van der Waals surface area contributed by atoms with Gasteiger partial charge in [0.1, 0.15) is 5.75 Å². The molecule has 0 unspecified atom stereocenters. The lowest BCUT2D eigenvalue weighted by molar-refractivity contribution is 0.254. The quantitative estimate of drug-likeness (QED) is 0.825. The third kappa shape index (κ3) is 2.66. The first-order valence-corrected chi connectivity index (χ1v) is 5.31. The number of benzene rings is 1. The summed E-state index contributed by atoms with van der Waals surface area (Å²) in [5.74, 6) is 0.863. The number of nitrogens with one attached hydrogen (secondary N) is 2. The molecule has 1 aromatic carbocycles. The molecule has 0 heterocycles. The lowest BCUT2D eigenvalue weighted by Crippen LogP contribution is -2.25. The Morgan fingerprint density at radius 3 is 2.56 bits per heavy atom. The monoisotopic (exact) mass is 222 g/mol. The summed E-state index contributed by atoms with van der Waals surface area (Å²) >= 11 is 0. The molecule has 4 heteroatoms. The fourth-order valence-corrected chi connectivity index (χ4v) is 1.43. The average molecular weight is 222 g/mol. The molecule has 0 bridgehead atoms. The minimum absolute atomic E-state index is 0.216. The highest BCUT2D eigenvalue weighted by atomic mass is 16.5. The molecular formula is C12H18N2O2. The molecule has 1 aromatic rings. The van der Waals surface area contributed by atoms with E-state index in [-0.39, 0.29) is 6.03 Å². The zero-order chi connectivity index (χ0) is 12.1. The maximum absolute atomic E-state index is 11.2. The molecule has 88 valence electrons. The van der Waals surface area contributed by atoms with E-state index in [1.54, 1.807) is 7.05 Å². The average Bonchev–Trinajstić information content (AvgIpc) is 2.28. The topological polar surface area (TPSA) is 50.4 Å². The van der Waals surface area contributed by atoms with Crippen molar-refractivity contribution in [3.8, 4) is 5.75 Å². The Kier molecular flexibility index (Phi) is 4.17. The molecule has 0 spiro atoms. The third-order valence-corrected chi connectivity index (χ3v) is 2.51. The molecule has 0 aliphatic heterocycles. The van der Waals surface area contributed by atoms with Crippen LogP contribution < -0.4 is 15.4 Å². The van der Waals surface area contributed by atoms with Crippen LogP contribution in [-0.4, -0.2) is 19.7 Å². The first-order valence-electron chi connectivity index (χ1n) is 5.31. The highest BCUT2D eigenvalue weighted by molar-refractivity contribution is 5.90. The first kappa shape index (κ1) is 12.4. The summed E-state index contributed by atoms with van der Waals surface area (Å²) in [6.07, 6.45) is 0. The highest BCUT2D eigenvalue weighted by Crippen LogP contribution is 2.27. The molecule has 16 heavy (non-hydrogen) atoms. The number of amides is 2. The fraction of sp³-hybridized carbons (Fsp3) is 0.417. The highest BCUT2D eigenvalue weighted by Gasteiger charge is 2.08. The van der Waals surface area contributed by atoms with Gasteiger partial charge in [0.15, 0.2) is 0 Å². The molecule has 4 nitrogen and oxygen atoms in total. The van der Waals surface area contributed by atoms with Crippen LogP contribution >= 0.6 is 0 Å². The summed E-state index contributed by atoms with van der Waals surface area (Å²) in [5, 5.41) is 5.28. The van der Waals surface area contributed by atoms with Gasteiger partial charge < -0.3 is 15.4 Å². The van der Waals surface area contributed by atoms with E-state index in [0.29, 0.717) is 6.61 Å². The molecular weight excluding hydrogens is 204 g/mol. The lowest BCUT2D eigenvalue weighted by Gasteiger charge is -2.14. The maximum Gasteiger partial charge on any atom is 0.318 e. The SMILES string of the molecule is CCOc1ccc(NC(=O)NC)c(C)c1C. The second-order valence-corrected chi connectivity index (χ2v) is 3.50. The van der Waals surface area contributed by atoms with Gasteiger partial charge in [-0.25, -0.2) is 4.79 Å². The lowest BCUT2D eigenvalue weighted by atomic mass is 10.1. The molecule has 2 amide bonds. The minimum atomic E-state index is -0.216. The molecule has 2 N–H and O–H groups in total. The van der Waals surface area contributed by atoms with Gasteiger partial charge in [0.25, 0.3) is 0 Å². The normalized spacial score (nSPS) is 9.75. The molecule has 0 saturated heterocycles. The minimum Gasteiger partial charge on any atom is -0.494 e. The van der Waals surface area contributed by atoms with Crippen molar-refractivity contribution >= 4 is 11.7 Å². The van der Waals surface area contributed by atoms with Gasteiger partial charge in [-0.1, -0.05) is 0 Å². The Morgan fingerprint density at radius 2 is 2.00 bits per heavy atom. The van der Waals surface area contributed by atoms with E-state index in [1.165, 1.54) is 0 Å². The zero-order valence-corrected chi connectivity index (χ0v) is 10.2. The van der Waals surface area contributed by atoms with Gasteiger partial charge in [-0.05, 0) is 44.0 Å². The number of hydrogen-bond acceptors (Lipinski definition) is 2. The molecule has 0 aromatic heterocycles. The van der Waals surface area contributed by atoms with E-state index in [1.807, 2.05) is 32.9 Å². The molecule has 0 fully saturated rings. The predicted molar refractivity (Wildman–Crippen MR) is 65.2 cm³/mol. The van der Waals surface area contributed by atoms with Crippen LogP contribution in [0.15, 0.2) is 12.1 Å². The predicted octanol–water partition coefficient (Wildman–Crippen LogP) is 2.45. The van der Waals surface area contributed by atoms with Crippen LogP contribution in [0.5, 0.6) is 5.75 Å². The van der Waals surface area contributed by atoms with Gasteiger partial charge in [0.05, 0.1) is 6.61 Å².